The summed E-state index contributed by atoms with van der Waals surface area (Å²) in [5.41, 5.74) is 0. The van der Waals surface area contributed by atoms with Crippen LogP contribution in [0.3, 0.4) is 0 Å². The van der Waals surface area contributed by atoms with Gasteiger partial charge in [-0.25, -0.2) is 4.39 Å². The molecule has 22 heavy (non-hydrogen) atoms. The first-order chi connectivity index (χ1) is 10.7. The van der Waals surface area contributed by atoms with Crippen LogP contribution in [0.2, 0.25) is 0 Å². The Balaban J connectivity index is 1.49. The number of hydrogen-bond donors (Lipinski definition) is 0. The number of rotatable bonds is 1. The summed E-state index contributed by atoms with van der Waals surface area (Å²) in [6.07, 6.45) is 1.30. The lowest BCUT2D eigenvalue weighted by molar-refractivity contribution is -0.0970. The van der Waals surface area contributed by atoms with Crippen molar-refractivity contribution in [3.8, 4) is 11.5 Å². The fourth-order valence-corrected chi connectivity index (χ4v) is 3.12. The molecule has 2 aliphatic rings. The zero-order valence-corrected chi connectivity index (χ0v) is 13.8. The Kier molecular flexibility index (Phi) is 3.32. The Morgan fingerprint density at radius 3 is 2.59 bits per heavy atom. The molecular weight excluding hydrogens is 400 g/mol. The molecule has 4 rings (SSSR count). The van der Waals surface area contributed by atoms with Gasteiger partial charge in [0.05, 0.1) is 0 Å². The summed E-state index contributed by atoms with van der Waals surface area (Å²) < 4.78 is 26.3. The molecule has 1 saturated heterocycles. The molecule has 5 nitrogen and oxygen atoms in total. The summed E-state index contributed by atoms with van der Waals surface area (Å²) in [7, 11) is 0. The van der Waals surface area contributed by atoms with Gasteiger partial charge in [-0.3, -0.25) is 0 Å². The van der Waals surface area contributed by atoms with Crippen LogP contribution in [0.5, 0.6) is 11.5 Å². The van der Waals surface area contributed by atoms with E-state index in [0.717, 1.165) is 22.6 Å². The van der Waals surface area contributed by atoms with E-state index in [9.17, 15) is 4.39 Å². The van der Waals surface area contributed by atoms with Crippen LogP contribution in [0.25, 0.3) is 0 Å². The minimum Gasteiger partial charge on any atom is -0.448 e. The number of benzene rings is 1. The normalized spacial score (nSPS) is 18.7. The molecule has 0 unspecified atom stereocenters. The maximum atomic E-state index is 13.8. The Labute approximate surface area is 140 Å². The lowest BCUT2D eigenvalue weighted by Crippen LogP contribution is -2.50. The van der Waals surface area contributed by atoms with E-state index in [2.05, 4.69) is 37.7 Å². The average Bonchev–Trinajstić information content (AvgIpc) is 2.89. The van der Waals surface area contributed by atoms with E-state index in [1.807, 2.05) is 12.1 Å². The van der Waals surface area contributed by atoms with Crippen LogP contribution in [-0.4, -0.2) is 29.1 Å². The largest absolute Gasteiger partial charge is 0.448 e. The molecule has 1 aromatic carbocycles. The maximum absolute atomic E-state index is 13.8. The molecular formula is C15H13FIN3O2. The van der Waals surface area contributed by atoms with Gasteiger partial charge in [0.1, 0.15) is 3.70 Å². The minimum absolute atomic E-state index is 0.227. The van der Waals surface area contributed by atoms with Crippen molar-refractivity contribution in [2.24, 2.45) is 0 Å². The van der Waals surface area contributed by atoms with E-state index in [0.29, 0.717) is 18.6 Å². The maximum Gasteiger partial charge on any atom is 0.255 e. The molecule has 1 fully saturated rings. The highest BCUT2D eigenvalue weighted by molar-refractivity contribution is 14.1. The van der Waals surface area contributed by atoms with Crippen molar-refractivity contribution in [2.75, 3.05) is 18.0 Å². The monoisotopic (exact) mass is 413 g/mol. The van der Waals surface area contributed by atoms with Crippen molar-refractivity contribution >= 4 is 28.4 Å². The second kappa shape index (κ2) is 5.22. The van der Waals surface area contributed by atoms with Gasteiger partial charge in [-0.2, -0.15) is 0 Å². The van der Waals surface area contributed by atoms with Gasteiger partial charge in [0.15, 0.2) is 17.4 Å². The highest BCUT2D eigenvalue weighted by Crippen LogP contribution is 2.45. The van der Waals surface area contributed by atoms with Crippen molar-refractivity contribution in [1.29, 1.82) is 0 Å². The third kappa shape index (κ3) is 2.37. The molecule has 0 saturated carbocycles. The number of nitrogens with zero attached hydrogens (tertiary/aromatic N) is 3. The fraction of sp³-hybridized carbons (Fsp3) is 0.333. The van der Waals surface area contributed by atoms with Crippen LogP contribution >= 0.6 is 22.6 Å². The molecule has 0 N–H and O–H groups in total. The Morgan fingerprint density at radius 2 is 1.91 bits per heavy atom. The summed E-state index contributed by atoms with van der Waals surface area (Å²) >= 11 is 2.13. The number of anilines is 1. The zero-order chi connectivity index (χ0) is 15.2. The first-order valence-electron chi connectivity index (χ1n) is 7.06. The highest BCUT2D eigenvalue weighted by atomic mass is 127. The molecule has 3 heterocycles. The van der Waals surface area contributed by atoms with Crippen LogP contribution < -0.4 is 14.4 Å². The standard InChI is InChI=1S/C15H13FIN3O2/c16-10-2-1-3-11-14(10)22-15(21-11)6-8-20(9-7-15)13-5-4-12(17)18-19-13/h1-5H,6-9H2. The highest BCUT2D eigenvalue weighted by Gasteiger charge is 2.45. The van der Waals surface area contributed by atoms with Crippen LogP contribution in [-0.2, 0) is 0 Å². The molecule has 0 atom stereocenters. The SMILES string of the molecule is Fc1cccc2c1OC1(CCN(c3ccc(I)nn3)CC1)O2. The van der Waals surface area contributed by atoms with Crippen molar-refractivity contribution in [3.05, 3.63) is 39.8 Å². The van der Waals surface area contributed by atoms with Crippen molar-refractivity contribution in [1.82, 2.24) is 10.2 Å². The van der Waals surface area contributed by atoms with Gasteiger partial charge in [-0.1, -0.05) is 6.07 Å². The van der Waals surface area contributed by atoms with Crippen LogP contribution in [0, 0.1) is 9.52 Å². The van der Waals surface area contributed by atoms with E-state index in [1.54, 1.807) is 12.1 Å². The molecule has 2 aromatic rings. The van der Waals surface area contributed by atoms with Crippen molar-refractivity contribution in [3.63, 3.8) is 0 Å². The predicted molar refractivity (Wildman–Crippen MR) is 86.6 cm³/mol. The van der Waals surface area contributed by atoms with Gasteiger partial charge in [-0.15, -0.1) is 10.2 Å². The lowest BCUT2D eigenvalue weighted by atomic mass is 10.0. The molecule has 0 aliphatic carbocycles. The third-order valence-electron chi connectivity index (χ3n) is 3.98. The Morgan fingerprint density at radius 1 is 1.09 bits per heavy atom. The fourth-order valence-electron chi connectivity index (χ4n) is 2.83. The first-order valence-corrected chi connectivity index (χ1v) is 8.14. The average molecular weight is 413 g/mol. The van der Waals surface area contributed by atoms with Crippen LogP contribution in [0.4, 0.5) is 10.2 Å². The van der Waals surface area contributed by atoms with Gasteiger partial charge in [0.25, 0.3) is 5.79 Å². The second-order valence-electron chi connectivity index (χ2n) is 5.38. The number of para-hydroxylation sites is 1. The summed E-state index contributed by atoms with van der Waals surface area (Å²) in [4.78, 5) is 2.14. The second-order valence-corrected chi connectivity index (χ2v) is 6.49. The molecule has 7 heteroatoms. The number of fused-ring (bicyclic) bond motifs is 1. The topological polar surface area (TPSA) is 47.5 Å². The van der Waals surface area contributed by atoms with Gasteiger partial charge in [0, 0.05) is 25.9 Å². The van der Waals surface area contributed by atoms with E-state index < -0.39 is 5.79 Å². The summed E-state index contributed by atoms with van der Waals surface area (Å²) in [5, 5.41) is 8.27. The number of aromatic nitrogens is 2. The minimum atomic E-state index is -0.752. The molecule has 1 aromatic heterocycles. The van der Waals surface area contributed by atoms with Crippen molar-refractivity contribution < 1.29 is 13.9 Å². The first kappa shape index (κ1) is 14.0. The molecule has 2 aliphatic heterocycles. The van der Waals surface area contributed by atoms with Gasteiger partial charge >= 0.3 is 0 Å². The van der Waals surface area contributed by atoms with E-state index in [-0.39, 0.29) is 11.6 Å². The Hall–Kier alpha value is -1.64. The van der Waals surface area contributed by atoms with E-state index in [1.165, 1.54) is 6.07 Å². The molecule has 1 spiro atoms. The molecule has 0 bridgehead atoms. The summed E-state index contributed by atoms with van der Waals surface area (Å²) in [6, 6.07) is 8.65. The molecule has 0 radical (unpaired) electrons. The number of halogens is 2. The Bertz CT molecular complexity index is 702. The van der Waals surface area contributed by atoms with Crippen molar-refractivity contribution in [2.45, 2.75) is 18.6 Å². The van der Waals surface area contributed by atoms with E-state index in [4.69, 9.17) is 9.47 Å². The smallest absolute Gasteiger partial charge is 0.255 e. The van der Waals surface area contributed by atoms with Gasteiger partial charge in [0.2, 0.25) is 5.75 Å². The number of ether oxygens (including phenoxy) is 2. The zero-order valence-electron chi connectivity index (χ0n) is 11.6. The molecule has 114 valence electrons. The summed E-state index contributed by atoms with van der Waals surface area (Å²) in [6.45, 7) is 1.45. The third-order valence-corrected chi connectivity index (χ3v) is 4.56. The summed E-state index contributed by atoms with van der Waals surface area (Å²) in [5.74, 6) is 0.433. The van der Waals surface area contributed by atoms with Crippen LogP contribution in [0.1, 0.15) is 12.8 Å². The lowest BCUT2D eigenvalue weighted by Gasteiger charge is -2.37. The van der Waals surface area contributed by atoms with Crippen LogP contribution in [0.15, 0.2) is 30.3 Å². The number of piperidine rings is 1. The quantitative estimate of drug-likeness (QED) is 0.673. The van der Waals surface area contributed by atoms with Gasteiger partial charge < -0.3 is 14.4 Å². The molecule has 0 amide bonds. The van der Waals surface area contributed by atoms with E-state index >= 15 is 0 Å². The predicted octanol–water partition coefficient (Wildman–Crippen LogP) is 2.99. The van der Waals surface area contributed by atoms with Gasteiger partial charge in [-0.05, 0) is 46.9 Å². The number of hydrogen-bond acceptors (Lipinski definition) is 5.